The highest BCUT2D eigenvalue weighted by Crippen LogP contribution is 2.27. The molecule has 1 aliphatic rings. The molecule has 3 unspecified atom stereocenters. The van der Waals surface area contributed by atoms with Crippen LogP contribution in [0, 0.1) is 0 Å². The number of aliphatic hydroxyl groups excluding tert-OH is 1. The highest BCUT2D eigenvalue weighted by Gasteiger charge is 2.46. The average molecular weight is 363 g/mol. The minimum absolute atomic E-state index is 0.361. The molecule has 0 amide bonds. The second kappa shape index (κ2) is 13.9. The van der Waals surface area contributed by atoms with Gasteiger partial charge in [0.25, 0.3) is 0 Å². The van der Waals surface area contributed by atoms with Gasteiger partial charge in [0.15, 0.2) is 6.29 Å². The first kappa shape index (κ1) is 22.8. The van der Waals surface area contributed by atoms with Gasteiger partial charge in [0, 0.05) is 26.9 Å². The molecule has 0 saturated carbocycles. The Morgan fingerprint density at radius 1 is 0.840 bits per heavy atom. The highest BCUT2D eigenvalue weighted by molar-refractivity contribution is 4.91. The molecule has 1 N–H and O–H groups in total. The Bertz CT molecular complexity index is 312. The van der Waals surface area contributed by atoms with Crippen LogP contribution in [0.5, 0.6) is 0 Å². The molecule has 1 saturated heterocycles. The Hall–Kier alpha value is -0.240. The van der Waals surface area contributed by atoms with Crippen molar-refractivity contribution >= 4 is 0 Å². The lowest BCUT2D eigenvalue weighted by molar-refractivity contribution is -0.311. The van der Waals surface area contributed by atoms with Gasteiger partial charge in [-0.1, -0.05) is 40.0 Å². The van der Waals surface area contributed by atoms with Gasteiger partial charge in [0.05, 0.1) is 6.61 Å². The van der Waals surface area contributed by atoms with Crippen LogP contribution in [0.2, 0.25) is 0 Å². The molecule has 0 aliphatic carbocycles. The predicted molar refractivity (Wildman–Crippen MR) is 96.7 cm³/mol. The van der Waals surface area contributed by atoms with E-state index < -0.39 is 24.6 Å². The zero-order chi connectivity index (χ0) is 18.5. The van der Waals surface area contributed by atoms with Crippen LogP contribution >= 0.6 is 0 Å². The van der Waals surface area contributed by atoms with E-state index in [1.807, 2.05) is 0 Å². The second-order valence-electron chi connectivity index (χ2n) is 6.58. The van der Waals surface area contributed by atoms with Gasteiger partial charge in [-0.05, 0) is 19.3 Å². The van der Waals surface area contributed by atoms with Gasteiger partial charge in [0.2, 0.25) is 0 Å². The fraction of sp³-hybridized carbons (Fsp3) is 1.00. The lowest BCUT2D eigenvalue weighted by Gasteiger charge is -2.43. The third kappa shape index (κ3) is 7.89. The molecule has 0 radical (unpaired) electrons. The van der Waals surface area contributed by atoms with Crippen LogP contribution in [-0.4, -0.2) is 69.3 Å². The van der Waals surface area contributed by atoms with Crippen LogP contribution in [0.15, 0.2) is 0 Å². The van der Waals surface area contributed by atoms with Crippen molar-refractivity contribution in [2.45, 2.75) is 90.0 Å². The standard InChI is InChI=1S/C19H38O6/c1-5-8-11-22-14-15-17(23-12-9-6-2)16(20)18(19(21-4)25-15)24-13-10-7-3/h15-20H,5-14H2,1-4H3/t15?,16?,17-,18?,19+/m0/s1. The lowest BCUT2D eigenvalue weighted by atomic mass is 9.98. The molecule has 1 heterocycles. The summed E-state index contributed by atoms with van der Waals surface area (Å²) in [5.41, 5.74) is 0. The molecular formula is C19H38O6. The van der Waals surface area contributed by atoms with Crippen LogP contribution in [0.1, 0.15) is 59.3 Å². The van der Waals surface area contributed by atoms with Crippen molar-refractivity contribution in [2.75, 3.05) is 33.5 Å². The minimum Gasteiger partial charge on any atom is -0.387 e. The van der Waals surface area contributed by atoms with Gasteiger partial charge < -0.3 is 28.8 Å². The molecule has 0 spiro atoms. The van der Waals surface area contributed by atoms with Crippen molar-refractivity contribution in [1.29, 1.82) is 0 Å². The zero-order valence-corrected chi connectivity index (χ0v) is 16.4. The molecule has 0 aromatic rings. The first-order valence-corrected chi connectivity index (χ1v) is 9.86. The number of ether oxygens (including phenoxy) is 5. The Kier molecular flexibility index (Phi) is 12.7. The van der Waals surface area contributed by atoms with E-state index in [0.717, 1.165) is 38.5 Å². The number of aliphatic hydroxyl groups is 1. The van der Waals surface area contributed by atoms with Crippen LogP contribution in [0.3, 0.4) is 0 Å². The molecule has 6 heteroatoms. The maximum Gasteiger partial charge on any atom is 0.186 e. The monoisotopic (exact) mass is 362 g/mol. The van der Waals surface area contributed by atoms with Crippen molar-refractivity contribution in [1.82, 2.24) is 0 Å². The normalized spacial score (nSPS) is 29.9. The molecule has 5 atom stereocenters. The van der Waals surface area contributed by atoms with Crippen LogP contribution in [0.25, 0.3) is 0 Å². The number of rotatable bonds is 14. The van der Waals surface area contributed by atoms with Crippen LogP contribution in [0.4, 0.5) is 0 Å². The van der Waals surface area contributed by atoms with Gasteiger partial charge in [-0.15, -0.1) is 0 Å². The van der Waals surface area contributed by atoms with E-state index in [4.69, 9.17) is 23.7 Å². The average Bonchev–Trinajstić information content (AvgIpc) is 2.62. The van der Waals surface area contributed by atoms with E-state index >= 15 is 0 Å². The largest absolute Gasteiger partial charge is 0.387 e. The van der Waals surface area contributed by atoms with E-state index in [0.29, 0.717) is 26.4 Å². The third-order valence-electron chi connectivity index (χ3n) is 4.39. The quantitative estimate of drug-likeness (QED) is 0.479. The molecule has 1 rings (SSSR count). The van der Waals surface area contributed by atoms with Gasteiger partial charge >= 0.3 is 0 Å². The Morgan fingerprint density at radius 3 is 1.96 bits per heavy atom. The summed E-state index contributed by atoms with van der Waals surface area (Å²) >= 11 is 0. The second-order valence-corrected chi connectivity index (χ2v) is 6.58. The first-order valence-electron chi connectivity index (χ1n) is 9.86. The van der Waals surface area contributed by atoms with Crippen molar-refractivity contribution in [3.05, 3.63) is 0 Å². The minimum atomic E-state index is -0.799. The maximum atomic E-state index is 10.8. The van der Waals surface area contributed by atoms with Crippen LogP contribution in [-0.2, 0) is 23.7 Å². The summed E-state index contributed by atoms with van der Waals surface area (Å²) in [7, 11) is 1.57. The predicted octanol–water partition coefficient (Wildman–Crippen LogP) is 2.91. The topological polar surface area (TPSA) is 66.4 Å². The van der Waals surface area contributed by atoms with E-state index in [-0.39, 0.29) is 6.10 Å². The molecule has 0 aromatic heterocycles. The number of hydrogen-bond acceptors (Lipinski definition) is 6. The fourth-order valence-corrected chi connectivity index (χ4v) is 2.78. The number of hydrogen-bond donors (Lipinski definition) is 1. The summed E-state index contributed by atoms with van der Waals surface area (Å²) in [6.07, 6.45) is 3.26. The molecule has 6 nitrogen and oxygen atoms in total. The van der Waals surface area contributed by atoms with E-state index in [9.17, 15) is 5.11 Å². The molecule has 0 aromatic carbocycles. The van der Waals surface area contributed by atoms with Crippen LogP contribution < -0.4 is 0 Å². The van der Waals surface area contributed by atoms with Gasteiger partial charge in [-0.2, -0.15) is 0 Å². The molecule has 1 aliphatic heterocycles. The van der Waals surface area contributed by atoms with E-state index in [2.05, 4.69) is 20.8 Å². The zero-order valence-electron chi connectivity index (χ0n) is 16.4. The summed E-state index contributed by atoms with van der Waals surface area (Å²) in [6, 6.07) is 0. The molecule has 150 valence electrons. The third-order valence-corrected chi connectivity index (χ3v) is 4.39. The summed E-state index contributed by atoms with van der Waals surface area (Å²) < 4.78 is 28.9. The van der Waals surface area contributed by atoms with E-state index in [1.165, 1.54) is 0 Å². The fourth-order valence-electron chi connectivity index (χ4n) is 2.78. The summed E-state index contributed by atoms with van der Waals surface area (Å²) in [5, 5.41) is 10.8. The number of methoxy groups -OCH3 is 1. The van der Waals surface area contributed by atoms with Gasteiger partial charge in [-0.25, -0.2) is 0 Å². The lowest BCUT2D eigenvalue weighted by Crippen LogP contribution is -2.61. The van der Waals surface area contributed by atoms with E-state index in [1.54, 1.807) is 7.11 Å². The van der Waals surface area contributed by atoms with Crippen molar-refractivity contribution in [3.63, 3.8) is 0 Å². The Balaban J connectivity index is 2.69. The molecular weight excluding hydrogens is 324 g/mol. The molecule has 25 heavy (non-hydrogen) atoms. The SMILES string of the molecule is CCCCOCC1O[C@@H](OC)C(OCCCC)C(O)[C@H]1OCCCC. The van der Waals surface area contributed by atoms with Gasteiger partial charge in [-0.3, -0.25) is 0 Å². The summed E-state index contributed by atoms with van der Waals surface area (Å²) in [5.74, 6) is 0. The molecule has 1 fully saturated rings. The number of unbranched alkanes of at least 4 members (excludes halogenated alkanes) is 3. The Labute approximate surface area is 153 Å². The van der Waals surface area contributed by atoms with Crippen molar-refractivity contribution in [2.24, 2.45) is 0 Å². The first-order chi connectivity index (χ1) is 12.2. The maximum absolute atomic E-state index is 10.8. The summed E-state index contributed by atoms with van der Waals surface area (Å²) in [6.45, 7) is 8.57. The smallest absolute Gasteiger partial charge is 0.186 e. The van der Waals surface area contributed by atoms with Crippen molar-refractivity contribution in [3.8, 4) is 0 Å². The Morgan fingerprint density at radius 2 is 1.40 bits per heavy atom. The van der Waals surface area contributed by atoms with Gasteiger partial charge in [0.1, 0.15) is 24.4 Å². The highest BCUT2D eigenvalue weighted by atomic mass is 16.7. The summed E-state index contributed by atoms with van der Waals surface area (Å²) in [4.78, 5) is 0. The molecule has 0 bridgehead atoms. The van der Waals surface area contributed by atoms with Crippen molar-refractivity contribution < 1.29 is 28.8 Å².